The number of nitrogens with one attached hydrogen (secondary N) is 4. The van der Waals surface area contributed by atoms with Gasteiger partial charge in [0, 0.05) is 72.5 Å². The summed E-state index contributed by atoms with van der Waals surface area (Å²) in [5.74, 6) is 3.97. The molecule has 18 nitrogen and oxygen atoms in total. The second-order valence-corrected chi connectivity index (χ2v) is 22.0. The molecule has 2 aliphatic heterocycles. The fourth-order valence-electron chi connectivity index (χ4n) is 10.5. The number of nitrogens with two attached hydrogens (primary N) is 1. The molecule has 0 amide bonds. The van der Waals surface area contributed by atoms with Gasteiger partial charge in [0.2, 0.25) is 0 Å². The molecule has 6 aromatic carbocycles. The first-order valence-corrected chi connectivity index (χ1v) is 29.1. The number of carboxylic acids is 1. The molecule has 83 heavy (non-hydrogen) atoms. The number of ether oxygens (including phenoxy) is 2. The monoisotopic (exact) mass is 1120 g/mol. The lowest BCUT2D eigenvalue weighted by atomic mass is 10.1. The van der Waals surface area contributed by atoms with Crippen molar-refractivity contribution in [3.05, 3.63) is 132 Å². The molecule has 2 saturated heterocycles. The lowest BCUT2D eigenvalue weighted by Crippen LogP contribution is -2.26. The highest BCUT2D eigenvalue weighted by Crippen LogP contribution is 2.30. The first-order valence-electron chi connectivity index (χ1n) is 29.1. The minimum Gasteiger partial charge on any atom is -0.493 e. The summed E-state index contributed by atoms with van der Waals surface area (Å²) in [7, 11) is 8.24. The third-order valence-corrected chi connectivity index (χ3v) is 15.1. The average Bonchev–Trinajstić information content (AvgIpc) is 4.58. The van der Waals surface area contributed by atoms with Gasteiger partial charge in [0.15, 0.2) is 5.78 Å². The van der Waals surface area contributed by atoms with Crippen LogP contribution in [0.4, 0.5) is 0 Å². The predicted molar refractivity (Wildman–Crippen MR) is 331 cm³/mol. The zero-order chi connectivity index (χ0) is 57.7. The number of hydrogen-bond acceptors (Lipinski definition) is 13. The quantitative estimate of drug-likeness (QED) is 0.0274. The van der Waals surface area contributed by atoms with Crippen molar-refractivity contribution in [2.24, 2.45) is 5.73 Å². The van der Waals surface area contributed by atoms with Crippen LogP contribution >= 0.6 is 0 Å². The highest BCUT2D eigenvalue weighted by Gasteiger charge is 2.16. The number of ketones is 1. The van der Waals surface area contributed by atoms with Crippen LogP contribution in [0.3, 0.4) is 0 Å². The summed E-state index contributed by atoms with van der Waals surface area (Å²) in [4.78, 5) is 65.4. The normalized spacial score (nSPS) is 13.8. The number of fused-ring (bicyclic) bond motifs is 4. The molecular formula is C65H77N13O5. The molecule has 2 aliphatic rings. The molecule has 432 valence electrons. The Morgan fingerprint density at radius 2 is 0.855 bits per heavy atom. The number of H-pyrrole nitrogens is 4. The van der Waals surface area contributed by atoms with E-state index in [0.717, 1.165) is 147 Å². The molecule has 18 heteroatoms. The number of benzene rings is 6. The summed E-state index contributed by atoms with van der Waals surface area (Å²) in [6.45, 7) is 11.2. The van der Waals surface area contributed by atoms with Gasteiger partial charge in [0.1, 0.15) is 34.8 Å². The van der Waals surface area contributed by atoms with Gasteiger partial charge in [-0.25, -0.2) is 24.7 Å². The van der Waals surface area contributed by atoms with Crippen molar-refractivity contribution >= 4 is 55.9 Å². The highest BCUT2D eigenvalue weighted by molar-refractivity contribution is 5.99. The Kier molecular flexibility index (Phi) is 19.3. The third kappa shape index (κ3) is 15.4. The van der Waals surface area contributed by atoms with E-state index in [1.807, 2.05) is 103 Å². The Morgan fingerprint density at radius 1 is 0.494 bits per heavy atom. The van der Waals surface area contributed by atoms with Gasteiger partial charge < -0.3 is 59.8 Å². The molecular weight excluding hydrogens is 1040 g/mol. The lowest BCUT2D eigenvalue weighted by Gasteiger charge is -2.13. The van der Waals surface area contributed by atoms with Crippen molar-refractivity contribution in [1.29, 1.82) is 0 Å². The van der Waals surface area contributed by atoms with Gasteiger partial charge in [-0.05, 0) is 167 Å². The van der Waals surface area contributed by atoms with Crippen LogP contribution in [0, 0.1) is 0 Å². The number of aromatic nitrogens is 8. The molecule has 0 aliphatic carbocycles. The van der Waals surface area contributed by atoms with E-state index in [0.29, 0.717) is 31.0 Å². The molecule has 10 aromatic rings. The van der Waals surface area contributed by atoms with Crippen LogP contribution in [0.25, 0.3) is 89.7 Å². The van der Waals surface area contributed by atoms with E-state index >= 15 is 0 Å². The molecule has 7 N–H and O–H groups in total. The van der Waals surface area contributed by atoms with Crippen molar-refractivity contribution in [2.75, 3.05) is 100 Å². The van der Waals surface area contributed by atoms with Crippen LogP contribution in [0.5, 0.6) is 11.5 Å². The Labute approximate surface area is 484 Å². The maximum atomic E-state index is 12.8. The maximum Gasteiger partial charge on any atom is 0.335 e. The maximum absolute atomic E-state index is 12.8. The van der Waals surface area contributed by atoms with E-state index in [4.69, 9.17) is 30.2 Å². The van der Waals surface area contributed by atoms with E-state index < -0.39 is 5.97 Å². The Bertz CT molecular complexity index is 3740. The number of nitrogens with zero attached hydrogens (tertiary/aromatic N) is 8. The van der Waals surface area contributed by atoms with Crippen LogP contribution in [0.15, 0.2) is 121 Å². The van der Waals surface area contributed by atoms with E-state index in [-0.39, 0.29) is 11.3 Å². The number of aromatic amines is 4. The fourth-order valence-corrected chi connectivity index (χ4v) is 10.5. The zero-order valence-corrected chi connectivity index (χ0v) is 48.2. The number of carboxylic acid groups (broad SMARTS) is 1. The van der Waals surface area contributed by atoms with Crippen molar-refractivity contribution in [1.82, 2.24) is 59.5 Å². The molecule has 0 radical (unpaired) electrons. The SMILES string of the molecule is CN(C)CCCOc1ccc2nc(-c3ccc(-c4nc5ccc(C(=O)CCCN6CCCC6)cc5[nH]4)cc3)[nH]c2c1.CN(C)CCCOc1ccc2nc(-c3ccc(-c4nc5ccc(C(=O)O)cc5[nH]4)cc3)[nH]c2c1.NCCN1CCCC1. The molecule has 0 unspecified atom stereocenters. The average molecular weight is 1120 g/mol. The van der Waals surface area contributed by atoms with E-state index in [1.54, 1.807) is 18.2 Å². The molecule has 0 spiro atoms. The third-order valence-electron chi connectivity index (χ3n) is 15.1. The smallest absolute Gasteiger partial charge is 0.335 e. The second-order valence-electron chi connectivity index (χ2n) is 22.0. The summed E-state index contributed by atoms with van der Waals surface area (Å²) in [5.41, 5.74) is 17.0. The zero-order valence-electron chi connectivity index (χ0n) is 48.2. The van der Waals surface area contributed by atoms with Gasteiger partial charge in [0.05, 0.1) is 62.9 Å². The number of carbonyl (C=O) groups excluding carboxylic acids is 1. The Balaban J connectivity index is 0.000000165. The number of rotatable bonds is 22. The standard InChI is InChI=1S/C33H38N6O2.C26H25N5O3.C6H14N2/c1-38(2)16-6-20-41-26-13-15-28-30(22-26)37-33(35-28)24-10-8-23(9-11-24)32-34-27-14-12-25(21-29(27)36-32)31(40)7-5-19-39-17-3-4-18-39;1-31(2)12-3-13-34-19-9-11-21-23(15-19)30-25(28-21)17-6-4-16(5-7-17)24-27-20-10-8-18(26(32)33)14-22(20)29-24;7-3-6-8-4-1-2-5-8/h8-15,21-22H,3-7,16-20H2,1-2H3,(H,34,36)(H,35,37);4-11,14-15H,3,12-13H2,1-2H3,(H,27,29)(H,28,30)(H,32,33);1-7H2. The van der Waals surface area contributed by atoms with Crippen molar-refractivity contribution in [3.8, 4) is 57.1 Å². The Morgan fingerprint density at radius 3 is 1.24 bits per heavy atom. The predicted octanol–water partition coefficient (Wildman–Crippen LogP) is 11.0. The number of aromatic carboxylic acids is 1. The van der Waals surface area contributed by atoms with E-state index in [9.17, 15) is 14.7 Å². The first kappa shape index (κ1) is 58.0. The topological polar surface area (TPSA) is 227 Å². The minimum atomic E-state index is -0.962. The van der Waals surface area contributed by atoms with Crippen molar-refractivity contribution in [3.63, 3.8) is 0 Å². The molecule has 6 heterocycles. The van der Waals surface area contributed by atoms with E-state index in [2.05, 4.69) is 72.7 Å². The fraction of sp³-hybridized carbons (Fsp3) is 0.354. The molecule has 0 saturated carbocycles. The number of likely N-dealkylation sites (tertiary alicyclic amines) is 2. The van der Waals surface area contributed by atoms with Crippen molar-refractivity contribution < 1.29 is 24.2 Å². The van der Waals surface area contributed by atoms with Gasteiger partial charge in [-0.3, -0.25) is 4.79 Å². The van der Waals surface area contributed by atoms with Crippen LogP contribution < -0.4 is 15.2 Å². The number of hydrogen-bond donors (Lipinski definition) is 6. The van der Waals surface area contributed by atoms with Gasteiger partial charge in [0.25, 0.3) is 0 Å². The minimum absolute atomic E-state index is 0.195. The van der Waals surface area contributed by atoms with Crippen LogP contribution in [-0.2, 0) is 0 Å². The lowest BCUT2D eigenvalue weighted by molar-refractivity contribution is 0.0696. The van der Waals surface area contributed by atoms with Crippen LogP contribution in [-0.4, -0.2) is 177 Å². The summed E-state index contributed by atoms with van der Waals surface area (Å²) in [6, 6.07) is 38.6. The molecule has 0 bridgehead atoms. The number of Topliss-reactive ketones (excluding diaryl/α,β-unsaturated/α-hetero) is 1. The summed E-state index contributed by atoms with van der Waals surface area (Å²) in [6.07, 6.45) is 8.76. The molecule has 12 rings (SSSR count). The summed E-state index contributed by atoms with van der Waals surface area (Å²) < 4.78 is 11.8. The number of carbonyl (C=O) groups is 2. The van der Waals surface area contributed by atoms with Gasteiger partial charge in [-0.2, -0.15) is 0 Å². The largest absolute Gasteiger partial charge is 0.493 e. The van der Waals surface area contributed by atoms with Crippen molar-refractivity contribution in [2.45, 2.75) is 51.4 Å². The molecule has 2 fully saturated rings. The molecule has 4 aromatic heterocycles. The van der Waals surface area contributed by atoms with Gasteiger partial charge in [-0.15, -0.1) is 0 Å². The highest BCUT2D eigenvalue weighted by atomic mass is 16.5. The summed E-state index contributed by atoms with van der Waals surface area (Å²) >= 11 is 0. The van der Waals surface area contributed by atoms with Crippen LogP contribution in [0.1, 0.15) is 72.1 Å². The van der Waals surface area contributed by atoms with Gasteiger partial charge >= 0.3 is 5.97 Å². The first-order chi connectivity index (χ1) is 40.4. The summed E-state index contributed by atoms with van der Waals surface area (Å²) in [5, 5.41) is 9.19. The second kappa shape index (κ2) is 27.7. The Hall–Kier alpha value is -8.26. The molecule has 0 atom stereocenters. The van der Waals surface area contributed by atoms with E-state index in [1.165, 1.54) is 51.9 Å². The van der Waals surface area contributed by atoms with Crippen LogP contribution in [0.2, 0.25) is 0 Å². The van der Waals surface area contributed by atoms with Gasteiger partial charge in [-0.1, -0.05) is 48.5 Å². The number of imidazole rings is 4.